The van der Waals surface area contributed by atoms with Crippen LogP contribution in [0.5, 0.6) is 0 Å². The van der Waals surface area contributed by atoms with Gasteiger partial charge in [0.2, 0.25) is 0 Å². The van der Waals surface area contributed by atoms with E-state index in [0.717, 1.165) is 16.5 Å². The van der Waals surface area contributed by atoms with E-state index in [4.69, 9.17) is 5.11 Å². The van der Waals surface area contributed by atoms with Gasteiger partial charge in [-0.15, -0.1) is 0 Å². The first-order valence-electron chi connectivity index (χ1n) is 11.7. The molecule has 0 amide bonds. The molecule has 0 bridgehead atoms. The zero-order chi connectivity index (χ0) is 26.2. The van der Waals surface area contributed by atoms with Gasteiger partial charge in [-0.25, -0.2) is 9.37 Å². The Kier molecular flexibility index (Phi) is 6.19. The number of carboxylic acids is 1. The summed E-state index contributed by atoms with van der Waals surface area (Å²) in [6.07, 6.45) is 3.59. The molecular weight excluding hydrogens is 473 g/mol. The Hall–Kier alpha value is -4.56. The third kappa shape index (κ3) is 4.79. The summed E-state index contributed by atoms with van der Waals surface area (Å²) in [6.45, 7) is 1.57. The van der Waals surface area contributed by atoms with E-state index in [1.54, 1.807) is 49.5 Å². The van der Waals surface area contributed by atoms with Gasteiger partial charge in [-0.3, -0.25) is 9.59 Å². The van der Waals surface area contributed by atoms with Crippen molar-refractivity contribution in [2.75, 3.05) is 0 Å². The highest BCUT2D eigenvalue weighted by Gasteiger charge is 2.29. The van der Waals surface area contributed by atoms with Crippen molar-refractivity contribution in [3.63, 3.8) is 0 Å². The molecule has 1 atom stereocenters. The van der Waals surface area contributed by atoms with Gasteiger partial charge < -0.3 is 20.2 Å². The highest BCUT2D eigenvalue weighted by Crippen LogP contribution is 2.31. The Morgan fingerprint density at radius 1 is 1.00 bits per heavy atom. The molecule has 0 aliphatic carbocycles. The quantitative estimate of drug-likeness (QED) is 0.220. The molecule has 7 nitrogen and oxygen atoms in total. The number of fused-ring (bicyclic) bond motifs is 1. The number of halogens is 1. The lowest BCUT2D eigenvalue weighted by Gasteiger charge is -2.22. The second-order valence-electron chi connectivity index (χ2n) is 9.10. The van der Waals surface area contributed by atoms with Crippen LogP contribution < -0.4 is 0 Å². The van der Waals surface area contributed by atoms with Crippen LogP contribution in [0.1, 0.15) is 46.1 Å². The van der Waals surface area contributed by atoms with E-state index in [2.05, 4.69) is 15.0 Å². The van der Waals surface area contributed by atoms with E-state index >= 15 is 0 Å². The van der Waals surface area contributed by atoms with Crippen LogP contribution in [0.3, 0.4) is 0 Å². The molecule has 8 heteroatoms. The average Bonchev–Trinajstić information content (AvgIpc) is 3.57. The Bertz CT molecular complexity index is 1630. The number of carbonyl (C=O) groups is 2. The molecule has 3 aromatic carbocycles. The van der Waals surface area contributed by atoms with Gasteiger partial charge >= 0.3 is 5.97 Å². The number of aliphatic carboxylic acids is 1. The minimum Gasteiger partial charge on any atom is -0.481 e. The molecule has 37 heavy (non-hydrogen) atoms. The molecular formula is C29H24FN3O4. The minimum atomic E-state index is -1.52. The highest BCUT2D eigenvalue weighted by atomic mass is 19.1. The number of aromatic amines is 2. The summed E-state index contributed by atoms with van der Waals surface area (Å²) in [5.41, 5.74) is 1.84. The van der Waals surface area contributed by atoms with Crippen LogP contribution >= 0.6 is 0 Å². The van der Waals surface area contributed by atoms with E-state index in [1.807, 2.05) is 12.1 Å². The summed E-state index contributed by atoms with van der Waals surface area (Å²) in [6, 6.07) is 18.3. The van der Waals surface area contributed by atoms with Gasteiger partial charge in [0.05, 0.1) is 11.3 Å². The molecule has 5 rings (SSSR count). The van der Waals surface area contributed by atoms with E-state index in [1.165, 1.54) is 24.4 Å². The molecule has 186 valence electrons. The second-order valence-corrected chi connectivity index (χ2v) is 9.10. The van der Waals surface area contributed by atoms with Crippen molar-refractivity contribution in [2.45, 2.75) is 25.4 Å². The number of ketones is 1. The first-order chi connectivity index (χ1) is 17.7. The number of nitrogens with one attached hydrogen (secondary N) is 2. The maximum Gasteiger partial charge on any atom is 0.303 e. The summed E-state index contributed by atoms with van der Waals surface area (Å²) >= 11 is 0. The summed E-state index contributed by atoms with van der Waals surface area (Å²) in [4.78, 5) is 34.5. The zero-order valence-electron chi connectivity index (χ0n) is 20.0. The predicted molar refractivity (Wildman–Crippen MR) is 137 cm³/mol. The maximum atomic E-state index is 14.8. The first kappa shape index (κ1) is 24.1. The van der Waals surface area contributed by atoms with Crippen molar-refractivity contribution in [1.82, 2.24) is 15.0 Å². The van der Waals surface area contributed by atoms with E-state index in [0.29, 0.717) is 23.1 Å². The standard InChI is InChI=1S/C29H24FN3O4/c1-29(37,21-4-2-3-17(13-21)5-10-26(34)35)25-16-32-28(33-25)22-15-20(6-8-23(22)30)27(36)19-7-9-24-18(14-19)11-12-31-24/h2-4,6-9,11-16,31,37H,5,10H2,1H3,(H,32,33)(H,34,35). The number of imidazole rings is 1. The van der Waals surface area contributed by atoms with Gasteiger partial charge in [0.1, 0.15) is 17.2 Å². The summed E-state index contributed by atoms with van der Waals surface area (Å²) in [5, 5.41) is 21.2. The summed E-state index contributed by atoms with van der Waals surface area (Å²) < 4.78 is 14.8. The van der Waals surface area contributed by atoms with Crippen molar-refractivity contribution in [2.24, 2.45) is 0 Å². The topological polar surface area (TPSA) is 119 Å². The Balaban J connectivity index is 1.44. The zero-order valence-corrected chi connectivity index (χ0v) is 20.0. The van der Waals surface area contributed by atoms with Gasteiger partial charge in [0, 0.05) is 40.8 Å². The molecule has 0 fully saturated rings. The monoisotopic (exact) mass is 497 g/mol. The summed E-state index contributed by atoms with van der Waals surface area (Å²) in [7, 11) is 0. The van der Waals surface area contributed by atoms with Crippen molar-refractivity contribution in [3.05, 3.63) is 113 Å². The fourth-order valence-electron chi connectivity index (χ4n) is 4.35. The minimum absolute atomic E-state index is 0.0223. The molecule has 0 aliphatic heterocycles. The molecule has 4 N–H and O–H groups in total. The third-order valence-corrected chi connectivity index (χ3v) is 6.49. The van der Waals surface area contributed by atoms with Crippen molar-refractivity contribution >= 4 is 22.7 Å². The van der Waals surface area contributed by atoms with Crippen LogP contribution in [0.4, 0.5) is 4.39 Å². The number of rotatable bonds is 8. The van der Waals surface area contributed by atoms with Crippen LogP contribution in [-0.4, -0.2) is 36.9 Å². The van der Waals surface area contributed by atoms with Crippen LogP contribution in [-0.2, 0) is 16.8 Å². The second kappa shape index (κ2) is 9.48. The van der Waals surface area contributed by atoms with Crippen molar-refractivity contribution < 1.29 is 24.2 Å². The lowest BCUT2D eigenvalue weighted by molar-refractivity contribution is -0.136. The molecule has 0 spiro atoms. The van der Waals surface area contributed by atoms with Gasteiger partial charge in [-0.05, 0) is 66.9 Å². The largest absolute Gasteiger partial charge is 0.481 e. The number of aromatic nitrogens is 3. The number of aryl methyl sites for hydroxylation is 1. The fourth-order valence-corrected chi connectivity index (χ4v) is 4.35. The highest BCUT2D eigenvalue weighted by molar-refractivity contribution is 6.11. The molecule has 0 radical (unpaired) electrons. The molecule has 1 unspecified atom stereocenters. The van der Waals surface area contributed by atoms with E-state index in [9.17, 15) is 19.1 Å². The van der Waals surface area contributed by atoms with Gasteiger partial charge in [-0.2, -0.15) is 0 Å². The molecule has 2 aromatic heterocycles. The number of carbonyl (C=O) groups excluding carboxylic acids is 1. The van der Waals surface area contributed by atoms with E-state index in [-0.39, 0.29) is 29.3 Å². The molecule has 0 saturated carbocycles. The Morgan fingerprint density at radius 3 is 2.59 bits per heavy atom. The van der Waals surface area contributed by atoms with Crippen LogP contribution in [0, 0.1) is 5.82 Å². The van der Waals surface area contributed by atoms with Gasteiger partial charge in [0.25, 0.3) is 0 Å². The molecule has 2 heterocycles. The summed E-state index contributed by atoms with van der Waals surface area (Å²) in [5.74, 6) is -1.54. The number of carboxylic acid groups (broad SMARTS) is 1. The number of nitrogens with zero attached hydrogens (tertiary/aromatic N) is 1. The molecule has 0 aliphatic rings. The number of aliphatic hydroxyl groups is 1. The van der Waals surface area contributed by atoms with Crippen LogP contribution in [0.2, 0.25) is 0 Å². The number of hydrogen-bond donors (Lipinski definition) is 4. The number of benzene rings is 3. The van der Waals surface area contributed by atoms with Crippen molar-refractivity contribution in [1.29, 1.82) is 0 Å². The maximum absolute atomic E-state index is 14.8. The van der Waals surface area contributed by atoms with Crippen LogP contribution in [0.25, 0.3) is 22.3 Å². The third-order valence-electron chi connectivity index (χ3n) is 6.49. The Morgan fingerprint density at radius 2 is 1.78 bits per heavy atom. The van der Waals surface area contributed by atoms with Gasteiger partial charge in [0.15, 0.2) is 5.78 Å². The molecule has 5 aromatic rings. The van der Waals surface area contributed by atoms with Crippen molar-refractivity contribution in [3.8, 4) is 11.4 Å². The molecule has 0 saturated heterocycles. The number of H-pyrrole nitrogens is 2. The fraction of sp³-hybridized carbons (Fsp3) is 0.138. The predicted octanol–water partition coefficient (Wildman–Crippen LogP) is 5.20. The lowest BCUT2D eigenvalue weighted by Crippen LogP contribution is -2.23. The van der Waals surface area contributed by atoms with Crippen LogP contribution in [0.15, 0.2) is 79.1 Å². The first-order valence-corrected chi connectivity index (χ1v) is 11.7. The van der Waals surface area contributed by atoms with Gasteiger partial charge in [-0.1, -0.05) is 24.3 Å². The number of hydrogen-bond acceptors (Lipinski definition) is 4. The smallest absolute Gasteiger partial charge is 0.303 e. The average molecular weight is 498 g/mol. The van der Waals surface area contributed by atoms with E-state index < -0.39 is 17.4 Å². The lowest BCUT2D eigenvalue weighted by atomic mass is 9.91. The Labute approximate surface area is 211 Å². The normalized spacial score (nSPS) is 12.9. The SMILES string of the molecule is CC(O)(c1cccc(CCC(=O)O)c1)c1c[nH]c(-c2cc(C(=O)c3ccc4[nH]ccc4c3)ccc2F)n1.